The van der Waals surface area contributed by atoms with Gasteiger partial charge in [-0.05, 0) is 19.1 Å². The van der Waals surface area contributed by atoms with Gasteiger partial charge in [0.25, 0.3) is 0 Å². The monoisotopic (exact) mass is 173 g/mol. The van der Waals surface area contributed by atoms with Gasteiger partial charge < -0.3 is 4.74 Å². The highest BCUT2D eigenvalue weighted by molar-refractivity contribution is 5.24. The van der Waals surface area contributed by atoms with Crippen molar-refractivity contribution in [3.05, 3.63) is 29.8 Å². The van der Waals surface area contributed by atoms with E-state index in [0.29, 0.717) is 0 Å². The van der Waals surface area contributed by atoms with Crippen LogP contribution in [0, 0.1) is 11.6 Å². The molecule has 0 bridgehead atoms. The Morgan fingerprint density at radius 3 is 2.67 bits per heavy atom. The third-order valence-corrected chi connectivity index (χ3v) is 1.21. The molecule has 2 nitrogen and oxygen atoms in total. The van der Waals surface area contributed by atoms with Crippen LogP contribution in [0.5, 0.6) is 5.75 Å². The van der Waals surface area contributed by atoms with Crippen molar-refractivity contribution in [3.63, 3.8) is 0 Å². The van der Waals surface area contributed by atoms with Crippen molar-refractivity contribution in [2.24, 2.45) is 5.73 Å². The fraction of sp³-hybridized carbons (Fsp3) is 0.250. The molecule has 0 aliphatic rings. The smallest absolute Gasteiger partial charge is 0.165 e. The molecule has 2 N–H and O–H groups in total. The van der Waals surface area contributed by atoms with Gasteiger partial charge >= 0.3 is 0 Å². The average Bonchev–Trinajstić information content (AvgIpc) is 1.96. The SMILES string of the molecule is CC(N)Oc1cc(F)ccc1F. The number of benzene rings is 1. The van der Waals surface area contributed by atoms with Crippen molar-refractivity contribution < 1.29 is 13.5 Å². The van der Waals surface area contributed by atoms with Crippen molar-refractivity contribution in [1.29, 1.82) is 0 Å². The van der Waals surface area contributed by atoms with E-state index in [0.717, 1.165) is 18.2 Å². The number of nitrogens with two attached hydrogens (primary N) is 1. The lowest BCUT2D eigenvalue weighted by Gasteiger charge is -2.09. The third-order valence-electron chi connectivity index (χ3n) is 1.21. The number of ether oxygens (including phenoxy) is 1. The van der Waals surface area contributed by atoms with Crippen LogP contribution in [-0.4, -0.2) is 6.23 Å². The van der Waals surface area contributed by atoms with E-state index in [4.69, 9.17) is 10.5 Å². The zero-order chi connectivity index (χ0) is 9.14. The summed E-state index contributed by atoms with van der Waals surface area (Å²) in [4.78, 5) is 0. The van der Waals surface area contributed by atoms with Gasteiger partial charge in [-0.3, -0.25) is 5.73 Å². The second-order valence-electron chi connectivity index (χ2n) is 2.40. The van der Waals surface area contributed by atoms with E-state index < -0.39 is 17.9 Å². The fourth-order valence-corrected chi connectivity index (χ4v) is 0.768. The van der Waals surface area contributed by atoms with Gasteiger partial charge in [-0.1, -0.05) is 0 Å². The molecule has 1 unspecified atom stereocenters. The summed E-state index contributed by atoms with van der Waals surface area (Å²) in [5.41, 5.74) is 5.23. The number of hydrogen-bond acceptors (Lipinski definition) is 2. The van der Waals surface area contributed by atoms with Crippen molar-refractivity contribution >= 4 is 0 Å². The molecule has 1 rings (SSSR count). The lowest BCUT2D eigenvalue weighted by atomic mass is 10.3. The van der Waals surface area contributed by atoms with Gasteiger partial charge in [0.1, 0.15) is 12.0 Å². The molecule has 66 valence electrons. The zero-order valence-corrected chi connectivity index (χ0v) is 6.55. The fourth-order valence-electron chi connectivity index (χ4n) is 0.768. The molecule has 0 fully saturated rings. The summed E-state index contributed by atoms with van der Waals surface area (Å²) in [5.74, 6) is -1.33. The zero-order valence-electron chi connectivity index (χ0n) is 6.55. The first kappa shape index (κ1) is 8.93. The molecule has 1 aromatic rings. The lowest BCUT2D eigenvalue weighted by Crippen LogP contribution is -2.23. The number of rotatable bonds is 2. The maximum Gasteiger partial charge on any atom is 0.165 e. The first-order chi connectivity index (χ1) is 5.59. The normalized spacial score (nSPS) is 12.7. The Morgan fingerprint density at radius 1 is 1.42 bits per heavy atom. The minimum Gasteiger partial charge on any atom is -0.473 e. The van der Waals surface area contributed by atoms with Crippen LogP contribution in [0.2, 0.25) is 0 Å². The predicted molar refractivity (Wildman–Crippen MR) is 40.6 cm³/mol. The van der Waals surface area contributed by atoms with Gasteiger partial charge in [0.15, 0.2) is 11.6 Å². The van der Waals surface area contributed by atoms with Crippen LogP contribution in [-0.2, 0) is 0 Å². The minimum absolute atomic E-state index is 0.162. The summed E-state index contributed by atoms with van der Waals surface area (Å²) in [6.07, 6.45) is -0.652. The molecule has 1 aromatic carbocycles. The average molecular weight is 173 g/mol. The van der Waals surface area contributed by atoms with Gasteiger partial charge in [0.2, 0.25) is 0 Å². The van der Waals surface area contributed by atoms with E-state index in [1.54, 1.807) is 0 Å². The molecular weight excluding hydrogens is 164 g/mol. The van der Waals surface area contributed by atoms with Crippen LogP contribution in [0.15, 0.2) is 18.2 Å². The van der Waals surface area contributed by atoms with E-state index in [-0.39, 0.29) is 5.75 Å². The van der Waals surface area contributed by atoms with Crippen LogP contribution in [0.1, 0.15) is 6.92 Å². The maximum absolute atomic E-state index is 12.8. The van der Waals surface area contributed by atoms with Crippen LogP contribution in [0.4, 0.5) is 8.78 Å². The Kier molecular flexibility index (Phi) is 2.60. The van der Waals surface area contributed by atoms with Crippen LogP contribution < -0.4 is 10.5 Å². The largest absolute Gasteiger partial charge is 0.473 e. The number of halogens is 2. The second kappa shape index (κ2) is 3.49. The summed E-state index contributed by atoms with van der Waals surface area (Å²) in [5, 5.41) is 0. The molecule has 0 spiro atoms. The van der Waals surface area contributed by atoms with Crippen molar-refractivity contribution in [2.75, 3.05) is 0 Å². The highest BCUT2D eigenvalue weighted by Crippen LogP contribution is 2.18. The quantitative estimate of drug-likeness (QED) is 0.690. The maximum atomic E-state index is 12.8. The minimum atomic E-state index is -0.652. The Labute approximate surface area is 68.9 Å². The van der Waals surface area contributed by atoms with Crippen molar-refractivity contribution in [2.45, 2.75) is 13.2 Å². The molecule has 0 saturated heterocycles. The van der Waals surface area contributed by atoms with Crippen LogP contribution in [0.3, 0.4) is 0 Å². The Balaban J connectivity index is 2.90. The molecule has 0 saturated carbocycles. The molecule has 0 aliphatic heterocycles. The van der Waals surface area contributed by atoms with Gasteiger partial charge in [-0.2, -0.15) is 0 Å². The molecule has 0 radical (unpaired) electrons. The Hall–Kier alpha value is -1.16. The Morgan fingerprint density at radius 2 is 2.08 bits per heavy atom. The van der Waals surface area contributed by atoms with E-state index in [9.17, 15) is 8.78 Å². The highest BCUT2D eigenvalue weighted by Gasteiger charge is 2.05. The van der Waals surface area contributed by atoms with Crippen LogP contribution in [0.25, 0.3) is 0 Å². The van der Waals surface area contributed by atoms with Gasteiger partial charge in [-0.15, -0.1) is 0 Å². The molecule has 0 aromatic heterocycles. The topological polar surface area (TPSA) is 35.2 Å². The Bertz CT molecular complexity index is 276. The van der Waals surface area contributed by atoms with Gasteiger partial charge in [0.05, 0.1) is 0 Å². The first-order valence-electron chi connectivity index (χ1n) is 3.47. The van der Waals surface area contributed by atoms with E-state index in [1.807, 2.05) is 0 Å². The molecule has 12 heavy (non-hydrogen) atoms. The van der Waals surface area contributed by atoms with E-state index in [1.165, 1.54) is 6.92 Å². The third kappa shape index (κ3) is 2.17. The lowest BCUT2D eigenvalue weighted by molar-refractivity contribution is 0.218. The van der Waals surface area contributed by atoms with Gasteiger partial charge in [-0.25, -0.2) is 8.78 Å². The molecule has 4 heteroatoms. The summed E-state index contributed by atoms with van der Waals surface area (Å²) in [6.45, 7) is 1.53. The van der Waals surface area contributed by atoms with Crippen molar-refractivity contribution in [1.82, 2.24) is 0 Å². The predicted octanol–water partition coefficient (Wildman–Crippen LogP) is 1.65. The summed E-state index contributed by atoms with van der Waals surface area (Å²) >= 11 is 0. The summed E-state index contributed by atoms with van der Waals surface area (Å²) in [7, 11) is 0. The first-order valence-corrected chi connectivity index (χ1v) is 3.47. The van der Waals surface area contributed by atoms with Crippen molar-refractivity contribution in [3.8, 4) is 5.75 Å². The molecule has 0 heterocycles. The van der Waals surface area contributed by atoms with E-state index in [2.05, 4.69) is 0 Å². The molecule has 1 atom stereocenters. The van der Waals surface area contributed by atoms with Gasteiger partial charge in [0, 0.05) is 6.07 Å². The number of hydrogen-bond donors (Lipinski definition) is 1. The summed E-state index contributed by atoms with van der Waals surface area (Å²) in [6, 6.07) is 2.97. The molecule has 0 aliphatic carbocycles. The second-order valence-corrected chi connectivity index (χ2v) is 2.40. The highest BCUT2D eigenvalue weighted by atomic mass is 19.1. The van der Waals surface area contributed by atoms with E-state index >= 15 is 0 Å². The standard InChI is InChI=1S/C8H9F2NO/c1-5(11)12-8-4-6(9)2-3-7(8)10/h2-5H,11H2,1H3. The van der Waals surface area contributed by atoms with Crippen LogP contribution >= 0.6 is 0 Å². The summed E-state index contributed by atoms with van der Waals surface area (Å²) < 4.78 is 30.1. The molecule has 0 amide bonds. The molecular formula is C8H9F2NO.